The zero-order chi connectivity index (χ0) is 12.4. The zero-order valence-electron chi connectivity index (χ0n) is 11.2. The Bertz CT molecular complexity index is 442. The smallest absolute Gasteiger partial charge is 0.0396 e. The Hall–Kier alpha value is -1.28. The lowest BCUT2D eigenvalue weighted by molar-refractivity contribution is 0.538. The first-order chi connectivity index (χ1) is 8.83. The van der Waals surface area contributed by atoms with E-state index >= 15 is 0 Å². The number of nitrogens with one attached hydrogen (secondary N) is 1. The van der Waals surface area contributed by atoms with Crippen LogP contribution in [-0.4, -0.2) is 19.6 Å². The molecule has 0 bridgehead atoms. The average molecular weight is 242 g/mol. The Morgan fingerprint density at radius 1 is 1.28 bits per heavy atom. The van der Waals surface area contributed by atoms with Crippen molar-refractivity contribution in [2.75, 3.05) is 18.5 Å². The van der Waals surface area contributed by atoms with Gasteiger partial charge in [0.1, 0.15) is 0 Å². The fraction of sp³-hybridized carbons (Fsp3) is 0.500. The van der Waals surface area contributed by atoms with Gasteiger partial charge in [-0.05, 0) is 42.9 Å². The van der Waals surface area contributed by atoms with Crippen molar-refractivity contribution in [3.05, 3.63) is 41.5 Å². The van der Waals surface area contributed by atoms with Crippen LogP contribution in [0.5, 0.6) is 0 Å². The number of benzene rings is 1. The molecule has 0 saturated heterocycles. The van der Waals surface area contributed by atoms with E-state index in [1.54, 1.807) is 0 Å². The zero-order valence-corrected chi connectivity index (χ0v) is 11.2. The first-order valence-electron chi connectivity index (χ1n) is 7.04. The summed E-state index contributed by atoms with van der Waals surface area (Å²) in [7, 11) is 2.19. The van der Waals surface area contributed by atoms with Gasteiger partial charge in [-0.3, -0.25) is 0 Å². The van der Waals surface area contributed by atoms with Crippen molar-refractivity contribution in [2.24, 2.45) is 0 Å². The van der Waals surface area contributed by atoms with Crippen molar-refractivity contribution in [2.45, 2.75) is 38.3 Å². The summed E-state index contributed by atoms with van der Waals surface area (Å²) < 4.78 is 0. The first kappa shape index (κ1) is 11.8. The number of anilines is 1. The summed E-state index contributed by atoms with van der Waals surface area (Å²) >= 11 is 0. The van der Waals surface area contributed by atoms with Crippen LogP contribution in [0, 0.1) is 0 Å². The van der Waals surface area contributed by atoms with Crippen molar-refractivity contribution >= 4 is 5.69 Å². The quantitative estimate of drug-likeness (QED) is 0.820. The Morgan fingerprint density at radius 3 is 2.94 bits per heavy atom. The maximum Gasteiger partial charge on any atom is 0.0396 e. The van der Waals surface area contributed by atoms with Gasteiger partial charge < -0.3 is 10.2 Å². The molecule has 1 aromatic rings. The molecule has 2 heteroatoms. The van der Waals surface area contributed by atoms with Gasteiger partial charge in [0.25, 0.3) is 0 Å². The number of nitrogens with zero attached hydrogens (tertiary/aromatic N) is 1. The molecule has 2 nitrogen and oxygen atoms in total. The molecule has 1 heterocycles. The summed E-state index contributed by atoms with van der Waals surface area (Å²) in [5.74, 6) is 0. The molecule has 1 aliphatic carbocycles. The first-order valence-corrected chi connectivity index (χ1v) is 7.04. The molecule has 0 amide bonds. The van der Waals surface area contributed by atoms with E-state index in [0.717, 1.165) is 6.54 Å². The van der Waals surface area contributed by atoms with E-state index in [2.05, 4.69) is 47.6 Å². The van der Waals surface area contributed by atoms with E-state index in [1.807, 2.05) is 0 Å². The summed E-state index contributed by atoms with van der Waals surface area (Å²) in [6, 6.07) is 7.61. The second-order valence-corrected chi connectivity index (χ2v) is 5.51. The number of aryl methyl sites for hydroxylation is 1. The molecule has 0 unspecified atom stereocenters. The van der Waals surface area contributed by atoms with Gasteiger partial charge in [-0.25, -0.2) is 0 Å². The van der Waals surface area contributed by atoms with Crippen molar-refractivity contribution in [3.63, 3.8) is 0 Å². The SMILES string of the molecule is CN1CCCc2cc(CNC3CC=CC3)ccc21. The summed E-state index contributed by atoms with van der Waals surface area (Å²) in [5.41, 5.74) is 4.37. The molecule has 0 spiro atoms. The molecule has 18 heavy (non-hydrogen) atoms. The van der Waals surface area contributed by atoms with Crippen molar-refractivity contribution in [3.8, 4) is 0 Å². The molecule has 1 aliphatic heterocycles. The lowest BCUT2D eigenvalue weighted by Gasteiger charge is -2.28. The third kappa shape index (κ3) is 2.44. The highest BCUT2D eigenvalue weighted by atomic mass is 15.1. The Balaban J connectivity index is 1.66. The number of fused-ring (bicyclic) bond motifs is 1. The van der Waals surface area contributed by atoms with Gasteiger partial charge in [-0.2, -0.15) is 0 Å². The third-order valence-corrected chi connectivity index (χ3v) is 4.10. The molecule has 0 fully saturated rings. The van der Waals surface area contributed by atoms with Crippen molar-refractivity contribution < 1.29 is 0 Å². The third-order valence-electron chi connectivity index (χ3n) is 4.10. The van der Waals surface area contributed by atoms with Crippen LogP contribution in [0.15, 0.2) is 30.4 Å². The van der Waals surface area contributed by atoms with Crippen molar-refractivity contribution in [1.29, 1.82) is 0 Å². The summed E-state index contributed by atoms with van der Waals surface area (Å²) in [5, 5.41) is 3.64. The number of hydrogen-bond acceptors (Lipinski definition) is 2. The van der Waals surface area contributed by atoms with Gasteiger partial charge in [0, 0.05) is 31.9 Å². The van der Waals surface area contributed by atoms with Crippen LogP contribution in [0.3, 0.4) is 0 Å². The highest BCUT2D eigenvalue weighted by molar-refractivity contribution is 5.56. The van der Waals surface area contributed by atoms with Crippen LogP contribution >= 0.6 is 0 Å². The predicted octanol–water partition coefficient (Wildman–Crippen LogP) is 2.88. The minimum absolute atomic E-state index is 0.656. The number of rotatable bonds is 3. The molecule has 0 aromatic heterocycles. The van der Waals surface area contributed by atoms with Gasteiger partial charge in [-0.1, -0.05) is 24.3 Å². The van der Waals surface area contributed by atoms with Gasteiger partial charge in [-0.15, -0.1) is 0 Å². The summed E-state index contributed by atoms with van der Waals surface area (Å²) in [6.45, 7) is 2.20. The van der Waals surface area contributed by atoms with E-state index in [4.69, 9.17) is 0 Å². The normalized spacial score (nSPS) is 19.3. The van der Waals surface area contributed by atoms with Crippen LogP contribution in [0.1, 0.15) is 30.4 Å². The van der Waals surface area contributed by atoms with E-state index in [9.17, 15) is 0 Å². The Kier molecular flexibility index (Phi) is 3.37. The van der Waals surface area contributed by atoms with Gasteiger partial charge in [0.2, 0.25) is 0 Å². The fourth-order valence-corrected chi connectivity index (χ4v) is 2.99. The minimum Gasteiger partial charge on any atom is -0.374 e. The molecule has 0 radical (unpaired) electrons. The van der Waals surface area contributed by atoms with Gasteiger partial charge in [0.15, 0.2) is 0 Å². The van der Waals surface area contributed by atoms with Crippen LogP contribution < -0.4 is 10.2 Å². The molecule has 96 valence electrons. The molecule has 3 rings (SSSR count). The summed E-state index contributed by atoms with van der Waals surface area (Å²) in [6.07, 6.45) is 9.45. The largest absolute Gasteiger partial charge is 0.374 e. The fourth-order valence-electron chi connectivity index (χ4n) is 2.99. The molecule has 0 atom stereocenters. The van der Waals surface area contributed by atoms with E-state index in [-0.39, 0.29) is 0 Å². The van der Waals surface area contributed by atoms with Crippen LogP contribution in [0.4, 0.5) is 5.69 Å². The molecular formula is C16H22N2. The maximum absolute atomic E-state index is 3.64. The highest BCUT2D eigenvalue weighted by Gasteiger charge is 2.14. The van der Waals surface area contributed by atoms with E-state index in [0.29, 0.717) is 6.04 Å². The second-order valence-electron chi connectivity index (χ2n) is 5.51. The number of hydrogen-bond donors (Lipinski definition) is 1. The monoisotopic (exact) mass is 242 g/mol. The standard InChI is InChI=1S/C16H22N2/c1-18-10-4-5-14-11-13(8-9-16(14)18)12-17-15-6-2-3-7-15/h2-3,8-9,11,15,17H,4-7,10,12H2,1H3. The van der Waals surface area contributed by atoms with Crippen LogP contribution in [0.2, 0.25) is 0 Å². The van der Waals surface area contributed by atoms with Crippen LogP contribution in [-0.2, 0) is 13.0 Å². The lowest BCUT2D eigenvalue weighted by atomic mass is 9.99. The van der Waals surface area contributed by atoms with Gasteiger partial charge >= 0.3 is 0 Å². The van der Waals surface area contributed by atoms with Crippen molar-refractivity contribution in [1.82, 2.24) is 5.32 Å². The van der Waals surface area contributed by atoms with E-state index in [1.165, 1.54) is 49.0 Å². The molecule has 1 aromatic carbocycles. The maximum atomic E-state index is 3.64. The summed E-state index contributed by atoms with van der Waals surface area (Å²) in [4.78, 5) is 2.37. The predicted molar refractivity (Wildman–Crippen MR) is 77.0 cm³/mol. The Labute approximate surface area is 110 Å². The average Bonchev–Trinajstić information content (AvgIpc) is 2.90. The highest BCUT2D eigenvalue weighted by Crippen LogP contribution is 2.26. The molecular weight excluding hydrogens is 220 g/mol. The van der Waals surface area contributed by atoms with Gasteiger partial charge in [0.05, 0.1) is 0 Å². The second kappa shape index (κ2) is 5.15. The minimum atomic E-state index is 0.656. The lowest BCUT2D eigenvalue weighted by Crippen LogP contribution is -2.27. The van der Waals surface area contributed by atoms with E-state index < -0.39 is 0 Å². The van der Waals surface area contributed by atoms with Crippen LogP contribution in [0.25, 0.3) is 0 Å². The molecule has 1 N–H and O–H groups in total. The topological polar surface area (TPSA) is 15.3 Å². The Morgan fingerprint density at radius 2 is 2.11 bits per heavy atom. The molecule has 0 saturated carbocycles. The molecule has 2 aliphatic rings.